The van der Waals surface area contributed by atoms with Gasteiger partial charge in [-0.05, 0) is 19.4 Å². The second-order valence-electron chi connectivity index (χ2n) is 3.90. The molecule has 2 N–H and O–H groups in total. The number of carbonyl (C=O) groups excluding carboxylic acids is 1. The molecule has 1 amide bonds. The summed E-state index contributed by atoms with van der Waals surface area (Å²) in [6.07, 6.45) is 4.24. The normalized spacial score (nSPS) is 19.8. The number of aromatic nitrogens is 2. The van der Waals surface area contributed by atoms with E-state index in [1.165, 1.54) is 12.4 Å². The molecule has 17 heavy (non-hydrogen) atoms. The molecule has 0 aliphatic carbocycles. The van der Waals surface area contributed by atoms with E-state index in [-0.39, 0.29) is 24.3 Å². The molecule has 0 radical (unpaired) electrons. The van der Waals surface area contributed by atoms with Crippen molar-refractivity contribution in [3.8, 4) is 0 Å². The van der Waals surface area contributed by atoms with Gasteiger partial charge in [0.15, 0.2) is 0 Å². The summed E-state index contributed by atoms with van der Waals surface area (Å²) in [5, 5.41) is 5.64. The number of alkyl halides is 2. The average molecular weight is 244 g/mol. The molecule has 7 heteroatoms. The van der Waals surface area contributed by atoms with Gasteiger partial charge in [0.05, 0.1) is 12.6 Å². The van der Waals surface area contributed by atoms with E-state index in [9.17, 15) is 13.6 Å². The molecule has 5 nitrogen and oxygen atoms in total. The van der Waals surface area contributed by atoms with E-state index in [4.69, 9.17) is 0 Å². The molecule has 1 atom stereocenters. The minimum absolute atomic E-state index is 0.0222. The van der Waals surface area contributed by atoms with Crippen LogP contribution in [0.4, 0.5) is 8.78 Å². The number of hydrogen-bond acceptors (Lipinski definition) is 3. The highest BCUT2D eigenvalue weighted by atomic mass is 19.3. The molecule has 0 spiro atoms. The largest absolute Gasteiger partial charge is 0.348 e. The van der Waals surface area contributed by atoms with Gasteiger partial charge in [0.1, 0.15) is 5.82 Å². The fourth-order valence-electron chi connectivity index (χ4n) is 1.86. The molecule has 0 bridgehead atoms. The fourth-order valence-corrected chi connectivity index (χ4v) is 1.86. The summed E-state index contributed by atoms with van der Waals surface area (Å²) in [6.45, 7) is -1.79. The van der Waals surface area contributed by atoms with Crippen LogP contribution in [-0.4, -0.2) is 28.0 Å². The number of amides is 1. The zero-order valence-corrected chi connectivity index (χ0v) is 9.20. The van der Waals surface area contributed by atoms with Gasteiger partial charge in [0, 0.05) is 12.4 Å². The molecule has 2 heterocycles. The van der Waals surface area contributed by atoms with E-state index >= 15 is 0 Å². The van der Waals surface area contributed by atoms with Gasteiger partial charge in [-0.3, -0.25) is 9.36 Å². The molecule has 1 aromatic heterocycles. The molecular weight excluding hydrogens is 230 g/mol. The number of carbonyl (C=O) groups is 1. The van der Waals surface area contributed by atoms with Crippen LogP contribution in [0, 0.1) is 0 Å². The van der Waals surface area contributed by atoms with Crippen molar-refractivity contribution in [2.24, 2.45) is 0 Å². The third-order valence-electron chi connectivity index (χ3n) is 2.76. The lowest BCUT2D eigenvalue weighted by atomic mass is 10.2. The molecule has 2 rings (SSSR count). The Morgan fingerprint density at radius 2 is 2.53 bits per heavy atom. The molecule has 1 saturated heterocycles. The van der Waals surface area contributed by atoms with E-state index in [2.05, 4.69) is 15.6 Å². The predicted octanol–water partition coefficient (Wildman–Crippen LogP) is 0.646. The highest BCUT2D eigenvalue weighted by Gasteiger charge is 2.22. The molecular formula is C10H14F2N4O. The van der Waals surface area contributed by atoms with Crippen molar-refractivity contribution in [1.29, 1.82) is 0 Å². The zero-order chi connectivity index (χ0) is 12.3. The van der Waals surface area contributed by atoms with Crippen LogP contribution < -0.4 is 10.6 Å². The smallest absolute Gasteiger partial charge is 0.319 e. The van der Waals surface area contributed by atoms with E-state index in [1.54, 1.807) is 0 Å². The molecule has 1 fully saturated rings. The first-order valence-corrected chi connectivity index (χ1v) is 5.49. The summed E-state index contributed by atoms with van der Waals surface area (Å²) in [7, 11) is 0. The summed E-state index contributed by atoms with van der Waals surface area (Å²) in [5.74, 6) is -0.00216. The number of hydrogen-bond donors (Lipinski definition) is 2. The van der Waals surface area contributed by atoms with Crippen LogP contribution in [0.2, 0.25) is 0 Å². The Labute approximate surface area is 97.2 Å². The Morgan fingerprint density at radius 3 is 3.18 bits per heavy atom. The summed E-state index contributed by atoms with van der Waals surface area (Å²) in [5.41, 5.74) is 0. The SMILES string of the molecule is O=C(NCc1nccn1C(F)F)C1CCCN1. The van der Waals surface area contributed by atoms with Crippen LogP contribution in [0.3, 0.4) is 0 Å². The first kappa shape index (κ1) is 12.0. The molecule has 1 aromatic rings. The third kappa shape index (κ3) is 2.79. The second kappa shape index (κ2) is 5.22. The second-order valence-corrected chi connectivity index (χ2v) is 3.90. The Morgan fingerprint density at radius 1 is 1.71 bits per heavy atom. The standard InChI is InChI=1S/C10H14F2N4O/c11-10(12)16-5-4-14-8(16)6-15-9(17)7-2-1-3-13-7/h4-5,7,10,13H,1-3,6H2,(H,15,17). The van der Waals surface area contributed by atoms with E-state index in [1.807, 2.05) is 0 Å². The van der Waals surface area contributed by atoms with E-state index in [0.717, 1.165) is 24.0 Å². The van der Waals surface area contributed by atoms with Crippen molar-refractivity contribution >= 4 is 5.91 Å². The number of rotatable bonds is 4. The van der Waals surface area contributed by atoms with Gasteiger partial charge in [0.2, 0.25) is 5.91 Å². The van der Waals surface area contributed by atoms with E-state index < -0.39 is 6.55 Å². The van der Waals surface area contributed by atoms with Gasteiger partial charge in [-0.25, -0.2) is 4.98 Å². The van der Waals surface area contributed by atoms with Gasteiger partial charge in [-0.2, -0.15) is 8.78 Å². The third-order valence-corrected chi connectivity index (χ3v) is 2.76. The van der Waals surface area contributed by atoms with Gasteiger partial charge >= 0.3 is 6.55 Å². The van der Waals surface area contributed by atoms with Crippen LogP contribution in [0.1, 0.15) is 25.2 Å². The van der Waals surface area contributed by atoms with Gasteiger partial charge in [0.25, 0.3) is 0 Å². The van der Waals surface area contributed by atoms with Crippen molar-refractivity contribution in [3.63, 3.8) is 0 Å². The highest BCUT2D eigenvalue weighted by Crippen LogP contribution is 2.12. The first-order chi connectivity index (χ1) is 8.18. The predicted molar refractivity (Wildman–Crippen MR) is 56.4 cm³/mol. The minimum Gasteiger partial charge on any atom is -0.348 e. The van der Waals surface area contributed by atoms with Gasteiger partial charge in [-0.1, -0.05) is 0 Å². The lowest BCUT2D eigenvalue weighted by Crippen LogP contribution is -2.40. The number of nitrogens with one attached hydrogen (secondary N) is 2. The maximum atomic E-state index is 12.5. The monoisotopic (exact) mass is 244 g/mol. The fraction of sp³-hybridized carbons (Fsp3) is 0.600. The lowest BCUT2D eigenvalue weighted by molar-refractivity contribution is -0.123. The first-order valence-electron chi connectivity index (χ1n) is 5.49. The van der Waals surface area contributed by atoms with Crippen molar-refractivity contribution < 1.29 is 13.6 Å². The maximum absolute atomic E-state index is 12.5. The zero-order valence-electron chi connectivity index (χ0n) is 9.20. The van der Waals surface area contributed by atoms with Crippen molar-refractivity contribution in [1.82, 2.24) is 20.2 Å². The molecule has 1 unspecified atom stereocenters. The van der Waals surface area contributed by atoms with Crippen LogP contribution >= 0.6 is 0 Å². The van der Waals surface area contributed by atoms with Crippen LogP contribution in [-0.2, 0) is 11.3 Å². The maximum Gasteiger partial charge on any atom is 0.319 e. The van der Waals surface area contributed by atoms with Crippen molar-refractivity contribution in [2.75, 3.05) is 6.54 Å². The lowest BCUT2D eigenvalue weighted by Gasteiger charge is -2.11. The Balaban J connectivity index is 1.88. The minimum atomic E-state index is -2.63. The quantitative estimate of drug-likeness (QED) is 0.817. The van der Waals surface area contributed by atoms with Gasteiger partial charge < -0.3 is 10.6 Å². The number of nitrogens with zero attached hydrogens (tertiary/aromatic N) is 2. The Bertz CT molecular complexity index is 387. The summed E-state index contributed by atoms with van der Waals surface area (Å²) in [6, 6.07) is -0.204. The molecule has 0 saturated carbocycles. The number of imidazole rings is 1. The van der Waals surface area contributed by atoms with E-state index in [0.29, 0.717) is 0 Å². The van der Waals surface area contributed by atoms with Crippen molar-refractivity contribution in [3.05, 3.63) is 18.2 Å². The summed E-state index contributed by atoms with van der Waals surface area (Å²) < 4.78 is 25.7. The molecule has 1 aliphatic rings. The van der Waals surface area contributed by atoms with Crippen LogP contribution in [0.15, 0.2) is 12.4 Å². The molecule has 94 valence electrons. The summed E-state index contributed by atoms with van der Waals surface area (Å²) >= 11 is 0. The molecule has 1 aliphatic heterocycles. The molecule has 0 aromatic carbocycles. The van der Waals surface area contributed by atoms with Gasteiger partial charge in [-0.15, -0.1) is 0 Å². The topological polar surface area (TPSA) is 59.0 Å². The summed E-state index contributed by atoms with van der Waals surface area (Å²) in [4.78, 5) is 15.4. The number of halogens is 2. The Kier molecular flexibility index (Phi) is 3.68. The van der Waals surface area contributed by atoms with Crippen LogP contribution in [0.5, 0.6) is 0 Å². The Hall–Kier alpha value is -1.50. The highest BCUT2D eigenvalue weighted by molar-refractivity contribution is 5.81. The van der Waals surface area contributed by atoms with Crippen LogP contribution in [0.25, 0.3) is 0 Å². The van der Waals surface area contributed by atoms with Crippen molar-refractivity contribution in [2.45, 2.75) is 32.0 Å². The average Bonchev–Trinajstić information content (AvgIpc) is 2.96.